The Bertz CT molecular complexity index is 608. The zero-order chi connectivity index (χ0) is 15.4. The van der Waals surface area contributed by atoms with E-state index in [1.165, 1.54) is 0 Å². The summed E-state index contributed by atoms with van der Waals surface area (Å²) < 4.78 is 0. The van der Waals surface area contributed by atoms with Crippen molar-refractivity contribution in [1.29, 1.82) is 5.26 Å². The van der Waals surface area contributed by atoms with E-state index in [0.717, 1.165) is 17.7 Å². The summed E-state index contributed by atoms with van der Waals surface area (Å²) in [4.78, 5) is 12.7. The molecule has 0 aromatic carbocycles. The van der Waals surface area contributed by atoms with Gasteiger partial charge in [-0.1, -0.05) is 13.0 Å². The van der Waals surface area contributed by atoms with E-state index in [1.54, 1.807) is 12.3 Å². The molecule has 2 heterocycles. The van der Waals surface area contributed by atoms with Crippen molar-refractivity contribution in [1.82, 2.24) is 15.5 Å². The van der Waals surface area contributed by atoms with Crippen molar-refractivity contribution in [2.45, 2.75) is 26.4 Å². The van der Waals surface area contributed by atoms with Crippen LogP contribution in [0.5, 0.6) is 0 Å². The van der Waals surface area contributed by atoms with Crippen LogP contribution in [-0.2, 0) is 4.79 Å². The third kappa shape index (κ3) is 3.08. The van der Waals surface area contributed by atoms with Crippen molar-refractivity contribution in [2.75, 3.05) is 6.54 Å². The molecule has 21 heavy (non-hydrogen) atoms. The van der Waals surface area contributed by atoms with Gasteiger partial charge in [0.15, 0.2) is 0 Å². The summed E-state index contributed by atoms with van der Waals surface area (Å²) in [5.74, 6) is -0.203. The van der Waals surface area contributed by atoms with Gasteiger partial charge >= 0.3 is 5.97 Å². The Morgan fingerprint density at radius 3 is 3.05 bits per heavy atom. The summed E-state index contributed by atoms with van der Waals surface area (Å²) in [6.45, 7) is 3.86. The number of rotatable bonds is 5. The zero-order valence-corrected chi connectivity index (χ0v) is 12.1. The Labute approximate surface area is 123 Å². The predicted octanol–water partition coefficient (Wildman–Crippen LogP) is 1.39. The van der Waals surface area contributed by atoms with Gasteiger partial charge < -0.3 is 20.6 Å². The Hall–Kier alpha value is -2.68. The highest BCUT2D eigenvalue weighted by atomic mass is 16.4. The molecular weight excluding hydrogens is 268 g/mol. The van der Waals surface area contributed by atoms with Gasteiger partial charge in [-0.05, 0) is 31.1 Å². The van der Waals surface area contributed by atoms with E-state index in [9.17, 15) is 4.79 Å². The molecule has 0 saturated carbocycles. The van der Waals surface area contributed by atoms with E-state index in [2.05, 4.69) is 22.8 Å². The molecule has 0 spiro atoms. The average Bonchev–Trinajstić information content (AvgIpc) is 2.82. The van der Waals surface area contributed by atoms with Crippen molar-refractivity contribution in [2.24, 2.45) is 0 Å². The van der Waals surface area contributed by atoms with Gasteiger partial charge in [-0.3, -0.25) is 4.79 Å². The third-order valence-corrected chi connectivity index (χ3v) is 3.28. The van der Waals surface area contributed by atoms with Crippen LogP contribution in [0.25, 0.3) is 0 Å². The number of carbonyl (C=O) groups is 1. The van der Waals surface area contributed by atoms with Gasteiger partial charge in [0, 0.05) is 6.20 Å². The normalized spacial score (nSPS) is 20.6. The second-order valence-corrected chi connectivity index (χ2v) is 4.81. The molecule has 1 atom stereocenters. The second kappa shape index (κ2) is 6.18. The van der Waals surface area contributed by atoms with Gasteiger partial charge in [-0.15, -0.1) is 0 Å². The minimum absolute atomic E-state index is 0.161. The quantitative estimate of drug-likeness (QED) is 0.708. The Morgan fingerprint density at radius 2 is 2.43 bits per heavy atom. The molecule has 0 amide bonds. The fourth-order valence-electron chi connectivity index (χ4n) is 2.35. The minimum atomic E-state index is -0.920. The molecule has 0 radical (unpaired) electrons. The summed E-state index contributed by atoms with van der Waals surface area (Å²) in [5.41, 5.74) is 2.49. The maximum Gasteiger partial charge on any atom is 0.322 e. The molecule has 0 saturated heterocycles. The third-order valence-electron chi connectivity index (χ3n) is 3.28. The summed E-state index contributed by atoms with van der Waals surface area (Å²) in [7, 11) is 0. The number of nitriles is 1. The number of nitrogens with zero attached hydrogens (tertiary/aromatic N) is 2. The first-order valence-electron chi connectivity index (χ1n) is 6.79. The highest BCUT2D eigenvalue weighted by molar-refractivity contribution is 5.69. The maximum absolute atomic E-state index is 10.8. The van der Waals surface area contributed by atoms with Crippen LogP contribution in [0.2, 0.25) is 0 Å². The van der Waals surface area contributed by atoms with E-state index in [0.29, 0.717) is 11.4 Å². The molecule has 0 aliphatic carbocycles. The topological polar surface area (TPSA) is 88.4 Å². The van der Waals surface area contributed by atoms with Crippen LogP contribution in [0.3, 0.4) is 0 Å². The number of allylic oxidation sites excluding steroid dienone is 4. The number of carboxylic acids is 1. The summed E-state index contributed by atoms with van der Waals surface area (Å²) >= 11 is 0. The lowest BCUT2D eigenvalue weighted by Gasteiger charge is -2.25. The molecule has 6 nitrogen and oxygen atoms in total. The molecule has 3 N–H and O–H groups in total. The van der Waals surface area contributed by atoms with Crippen LogP contribution < -0.4 is 10.6 Å². The molecule has 110 valence electrons. The summed E-state index contributed by atoms with van der Waals surface area (Å²) in [6, 6.07) is 2.11. The maximum atomic E-state index is 10.8. The van der Waals surface area contributed by atoms with Crippen molar-refractivity contribution in [3.05, 3.63) is 47.1 Å². The highest BCUT2D eigenvalue weighted by Crippen LogP contribution is 2.27. The molecule has 0 aromatic rings. The highest BCUT2D eigenvalue weighted by Gasteiger charge is 2.31. The SMILES string of the molecule is CC/C=C(\C)C1=C(NCC(=O)O)N2C=CC(C#N)=CC2N1. The molecular formula is C15H18N4O2. The van der Waals surface area contributed by atoms with Crippen molar-refractivity contribution < 1.29 is 9.90 Å². The van der Waals surface area contributed by atoms with E-state index in [4.69, 9.17) is 10.4 Å². The second-order valence-electron chi connectivity index (χ2n) is 4.81. The predicted molar refractivity (Wildman–Crippen MR) is 78.3 cm³/mol. The van der Waals surface area contributed by atoms with Crippen LogP contribution >= 0.6 is 0 Å². The van der Waals surface area contributed by atoms with Crippen LogP contribution in [0.15, 0.2) is 47.1 Å². The average molecular weight is 286 g/mol. The molecule has 2 aliphatic heterocycles. The summed E-state index contributed by atoms with van der Waals surface area (Å²) in [5, 5.41) is 24.1. The van der Waals surface area contributed by atoms with Crippen LogP contribution in [0.4, 0.5) is 0 Å². The minimum Gasteiger partial charge on any atom is -0.480 e. The Balaban J connectivity index is 2.32. The van der Waals surface area contributed by atoms with Crippen LogP contribution in [0, 0.1) is 11.3 Å². The van der Waals surface area contributed by atoms with Gasteiger partial charge in [0.1, 0.15) is 18.5 Å². The number of nitrogens with one attached hydrogen (secondary N) is 2. The molecule has 2 rings (SSSR count). The first kappa shape index (κ1) is 14.7. The van der Waals surface area contributed by atoms with Gasteiger partial charge in [-0.2, -0.15) is 5.26 Å². The largest absolute Gasteiger partial charge is 0.480 e. The molecule has 0 aromatic heterocycles. The number of aliphatic carboxylic acids is 1. The standard InChI is InChI=1S/C15H18N4O2/c1-3-4-10(2)14-15(17-9-13(20)21)19-6-5-11(8-16)7-12(19)18-14/h4-7,12,17-18H,3,9H2,1-2H3,(H,20,21)/b10-4+. The first-order chi connectivity index (χ1) is 10.1. The first-order valence-corrected chi connectivity index (χ1v) is 6.79. The molecule has 2 aliphatic rings. The number of hydrogen-bond acceptors (Lipinski definition) is 5. The smallest absolute Gasteiger partial charge is 0.322 e. The van der Waals surface area contributed by atoms with Gasteiger partial charge in [0.25, 0.3) is 0 Å². The number of fused-ring (bicyclic) bond motifs is 1. The molecule has 1 unspecified atom stereocenters. The fraction of sp³-hybridized carbons (Fsp3) is 0.333. The fourth-order valence-corrected chi connectivity index (χ4v) is 2.35. The Kier molecular flexibility index (Phi) is 4.33. The lowest BCUT2D eigenvalue weighted by atomic mass is 10.2. The van der Waals surface area contributed by atoms with Crippen molar-refractivity contribution in [3.8, 4) is 6.07 Å². The van der Waals surface area contributed by atoms with E-state index in [1.807, 2.05) is 24.8 Å². The zero-order valence-electron chi connectivity index (χ0n) is 12.1. The van der Waals surface area contributed by atoms with E-state index >= 15 is 0 Å². The van der Waals surface area contributed by atoms with Gasteiger partial charge in [-0.25, -0.2) is 0 Å². The molecule has 6 heteroatoms. The molecule has 0 fully saturated rings. The van der Waals surface area contributed by atoms with Crippen LogP contribution in [0.1, 0.15) is 20.3 Å². The summed E-state index contributed by atoms with van der Waals surface area (Å²) in [6.07, 6.45) is 8.10. The monoisotopic (exact) mass is 286 g/mol. The van der Waals surface area contributed by atoms with Gasteiger partial charge in [0.2, 0.25) is 0 Å². The van der Waals surface area contributed by atoms with E-state index < -0.39 is 5.97 Å². The van der Waals surface area contributed by atoms with Crippen molar-refractivity contribution in [3.63, 3.8) is 0 Å². The lowest BCUT2D eigenvalue weighted by Crippen LogP contribution is -2.37. The van der Waals surface area contributed by atoms with Crippen LogP contribution in [-0.4, -0.2) is 28.7 Å². The number of hydrogen-bond donors (Lipinski definition) is 3. The molecule has 0 bridgehead atoms. The lowest BCUT2D eigenvalue weighted by molar-refractivity contribution is -0.135. The van der Waals surface area contributed by atoms with Crippen molar-refractivity contribution >= 4 is 5.97 Å². The number of carboxylic acid groups (broad SMARTS) is 1. The van der Waals surface area contributed by atoms with E-state index in [-0.39, 0.29) is 12.7 Å². The van der Waals surface area contributed by atoms with Gasteiger partial charge in [0.05, 0.1) is 17.3 Å². The Morgan fingerprint density at radius 1 is 1.67 bits per heavy atom.